The molecule has 1 unspecified atom stereocenters. The molecule has 0 aliphatic heterocycles. The van der Waals surface area contributed by atoms with Crippen molar-refractivity contribution in [3.8, 4) is 0 Å². The monoisotopic (exact) mass is 488 g/mol. The van der Waals surface area contributed by atoms with Crippen molar-refractivity contribution in [1.29, 1.82) is 0 Å². The Balaban J connectivity index is 0. The van der Waals surface area contributed by atoms with E-state index in [2.05, 4.69) is 44.7 Å². The molecule has 33 heavy (non-hydrogen) atoms. The van der Waals surface area contributed by atoms with Crippen LogP contribution in [0.25, 0.3) is 0 Å². The third-order valence-electron chi connectivity index (χ3n) is 7.16. The van der Waals surface area contributed by atoms with Crippen molar-refractivity contribution in [2.75, 3.05) is 27.2 Å². The van der Waals surface area contributed by atoms with Gasteiger partial charge in [-0.2, -0.15) is 0 Å². The summed E-state index contributed by atoms with van der Waals surface area (Å²) in [5.74, 6) is 0. The molecule has 0 aliphatic rings. The smallest absolute Gasteiger partial charge is 0.0617 e. The summed E-state index contributed by atoms with van der Waals surface area (Å²) < 4.78 is 0. The minimum absolute atomic E-state index is 0. The van der Waals surface area contributed by atoms with E-state index in [1.165, 1.54) is 154 Å². The summed E-state index contributed by atoms with van der Waals surface area (Å²) in [6, 6.07) is 0. The average molecular weight is 489 g/mol. The van der Waals surface area contributed by atoms with Crippen molar-refractivity contribution in [1.82, 2.24) is 9.80 Å². The summed E-state index contributed by atoms with van der Waals surface area (Å²) >= 11 is 0. The first-order valence-electron chi connectivity index (χ1n) is 15.1. The number of rotatable bonds is 26. The molecule has 0 aromatic carbocycles. The van der Waals surface area contributed by atoms with Crippen LogP contribution in [0.4, 0.5) is 0 Å². The zero-order valence-corrected chi connectivity index (χ0v) is 24.7. The number of nitrogens with zero attached hydrogens (tertiary/aromatic N) is 2. The fourth-order valence-corrected chi connectivity index (χ4v) is 5.04. The van der Waals surface area contributed by atoms with Crippen LogP contribution in [0.15, 0.2) is 0 Å². The standard InChI is InChI=1S/C30H64N2.ClH/c1-6-9-11-13-15-17-19-21-23-25-28-32(30(27-8-3)31(4)5)29-26-24-22-20-18-16-14-12-10-7-2;/h30H,6-29H2,1-5H3;1H. The molecule has 0 N–H and O–H groups in total. The molecule has 0 radical (unpaired) electrons. The van der Waals surface area contributed by atoms with Crippen molar-refractivity contribution in [2.45, 2.75) is 168 Å². The van der Waals surface area contributed by atoms with Crippen LogP contribution in [0.5, 0.6) is 0 Å². The quantitative estimate of drug-likeness (QED) is 0.0881. The van der Waals surface area contributed by atoms with E-state index in [-0.39, 0.29) is 12.4 Å². The van der Waals surface area contributed by atoms with Crippen LogP contribution in [0.1, 0.15) is 162 Å². The van der Waals surface area contributed by atoms with E-state index >= 15 is 0 Å². The summed E-state index contributed by atoms with van der Waals surface area (Å²) in [7, 11) is 4.56. The van der Waals surface area contributed by atoms with E-state index in [9.17, 15) is 0 Å². The second kappa shape index (κ2) is 28.4. The molecule has 0 saturated heterocycles. The van der Waals surface area contributed by atoms with E-state index < -0.39 is 0 Å². The lowest BCUT2D eigenvalue weighted by Gasteiger charge is -2.36. The molecule has 0 rings (SSSR count). The highest BCUT2D eigenvalue weighted by molar-refractivity contribution is 5.85. The fourth-order valence-electron chi connectivity index (χ4n) is 5.04. The van der Waals surface area contributed by atoms with Gasteiger partial charge in [0, 0.05) is 0 Å². The minimum atomic E-state index is 0. The zero-order valence-electron chi connectivity index (χ0n) is 23.9. The van der Waals surface area contributed by atoms with Crippen LogP contribution >= 0.6 is 12.4 Å². The number of hydrogen-bond acceptors (Lipinski definition) is 2. The summed E-state index contributed by atoms with van der Waals surface area (Å²) in [4.78, 5) is 5.29. The van der Waals surface area contributed by atoms with Crippen molar-refractivity contribution < 1.29 is 0 Å². The summed E-state index contributed by atoms with van der Waals surface area (Å²) in [5.41, 5.74) is 0. The Kier molecular flexibility index (Phi) is 30.5. The van der Waals surface area contributed by atoms with Gasteiger partial charge in [-0.25, -0.2) is 0 Å². The first-order chi connectivity index (χ1) is 15.7. The van der Waals surface area contributed by atoms with Crippen molar-refractivity contribution in [3.63, 3.8) is 0 Å². The summed E-state index contributed by atoms with van der Waals surface area (Å²) in [6.45, 7) is 9.56. The predicted molar refractivity (Wildman–Crippen MR) is 155 cm³/mol. The molecule has 0 aromatic rings. The summed E-state index contributed by atoms with van der Waals surface area (Å²) in [5, 5.41) is 0. The third-order valence-corrected chi connectivity index (χ3v) is 7.16. The third kappa shape index (κ3) is 23.7. The lowest BCUT2D eigenvalue weighted by atomic mass is 10.1. The van der Waals surface area contributed by atoms with Crippen LogP contribution in [-0.2, 0) is 0 Å². The van der Waals surface area contributed by atoms with Crippen LogP contribution < -0.4 is 0 Å². The maximum absolute atomic E-state index is 2.82. The van der Waals surface area contributed by atoms with E-state index in [0.717, 1.165) is 0 Å². The Hall–Kier alpha value is 0.210. The Bertz CT molecular complexity index is 324. The van der Waals surface area contributed by atoms with Gasteiger partial charge in [0.15, 0.2) is 0 Å². The van der Waals surface area contributed by atoms with Crippen LogP contribution in [0, 0.1) is 0 Å². The van der Waals surface area contributed by atoms with Gasteiger partial charge in [-0.1, -0.05) is 143 Å². The molecule has 0 saturated carbocycles. The lowest BCUT2D eigenvalue weighted by Crippen LogP contribution is -2.45. The van der Waals surface area contributed by atoms with Crippen LogP contribution in [0.3, 0.4) is 0 Å². The van der Waals surface area contributed by atoms with Gasteiger partial charge < -0.3 is 0 Å². The van der Waals surface area contributed by atoms with Crippen molar-refractivity contribution >= 4 is 12.4 Å². The first-order valence-corrected chi connectivity index (χ1v) is 15.1. The van der Waals surface area contributed by atoms with E-state index in [0.29, 0.717) is 6.17 Å². The highest BCUT2D eigenvalue weighted by atomic mass is 35.5. The molecule has 0 fully saturated rings. The Labute approximate surface area is 217 Å². The van der Waals surface area contributed by atoms with Gasteiger partial charge in [-0.05, 0) is 46.4 Å². The second-order valence-electron chi connectivity index (χ2n) is 10.6. The molecule has 0 bridgehead atoms. The van der Waals surface area contributed by atoms with Gasteiger partial charge in [0.2, 0.25) is 0 Å². The lowest BCUT2D eigenvalue weighted by molar-refractivity contribution is 0.0673. The van der Waals surface area contributed by atoms with E-state index in [1.54, 1.807) is 0 Å². The second-order valence-corrected chi connectivity index (χ2v) is 10.6. The molecular formula is C30H65ClN2. The van der Waals surface area contributed by atoms with E-state index in [1.807, 2.05) is 0 Å². The zero-order chi connectivity index (χ0) is 23.7. The Morgan fingerprint density at radius 3 is 1.00 bits per heavy atom. The molecule has 0 amide bonds. The maximum atomic E-state index is 2.82. The van der Waals surface area contributed by atoms with Crippen molar-refractivity contribution in [2.24, 2.45) is 0 Å². The van der Waals surface area contributed by atoms with Crippen LogP contribution in [0.2, 0.25) is 0 Å². The highest BCUT2D eigenvalue weighted by Gasteiger charge is 2.18. The van der Waals surface area contributed by atoms with Crippen molar-refractivity contribution in [3.05, 3.63) is 0 Å². The normalized spacial score (nSPS) is 12.5. The van der Waals surface area contributed by atoms with Gasteiger partial charge in [0.25, 0.3) is 0 Å². The largest absolute Gasteiger partial charge is 0.294 e. The number of halogens is 1. The molecule has 202 valence electrons. The van der Waals surface area contributed by atoms with Gasteiger partial charge in [0.05, 0.1) is 6.17 Å². The molecule has 0 aliphatic carbocycles. The van der Waals surface area contributed by atoms with Gasteiger partial charge in [0.1, 0.15) is 0 Å². The maximum Gasteiger partial charge on any atom is 0.0617 e. The summed E-state index contributed by atoms with van der Waals surface area (Å²) in [6.07, 6.45) is 31.9. The Morgan fingerprint density at radius 1 is 0.424 bits per heavy atom. The first kappa shape index (κ1) is 35.4. The van der Waals surface area contributed by atoms with Gasteiger partial charge >= 0.3 is 0 Å². The SMILES string of the molecule is CCCCCCCCCCCCN(CCCCCCCCCCCC)C(CCC)N(C)C.Cl. The molecule has 1 atom stereocenters. The molecule has 0 spiro atoms. The number of unbranched alkanes of at least 4 members (excludes halogenated alkanes) is 18. The van der Waals surface area contributed by atoms with E-state index in [4.69, 9.17) is 0 Å². The number of hydrogen-bond donors (Lipinski definition) is 0. The molecule has 0 heterocycles. The molecule has 3 heteroatoms. The molecule has 2 nitrogen and oxygen atoms in total. The molecule has 0 aromatic heterocycles. The highest BCUT2D eigenvalue weighted by Crippen LogP contribution is 2.16. The van der Waals surface area contributed by atoms with Gasteiger partial charge in [-0.15, -0.1) is 12.4 Å². The Morgan fingerprint density at radius 2 is 0.727 bits per heavy atom. The fraction of sp³-hybridized carbons (Fsp3) is 1.00. The molecular weight excluding hydrogens is 424 g/mol. The topological polar surface area (TPSA) is 6.48 Å². The average Bonchev–Trinajstić information content (AvgIpc) is 2.78. The van der Waals surface area contributed by atoms with Gasteiger partial charge in [-0.3, -0.25) is 9.80 Å². The minimum Gasteiger partial charge on any atom is -0.294 e. The van der Waals surface area contributed by atoms with Crippen LogP contribution in [-0.4, -0.2) is 43.2 Å². The predicted octanol–water partition coefficient (Wildman–Crippen LogP) is 10.2.